The number of hydrogen-bond acceptors (Lipinski definition) is 6. The van der Waals surface area contributed by atoms with Crippen LogP contribution < -0.4 is 4.74 Å². The zero-order chi connectivity index (χ0) is 24.6. The predicted molar refractivity (Wildman–Crippen MR) is 126 cm³/mol. The van der Waals surface area contributed by atoms with Crippen molar-refractivity contribution in [1.82, 2.24) is 9.21 Å². The molecule has 8 nitrogen and oxygen atoms in total. The van der Waals surface area contributed by atoms with Crippen molar-refractivity contribution >= 4 is 33.5 Å². The van der Waals surface area contributed by atoms with Crippen molar-refractivity contribution in [1.29, 1.82) is 0 Å². The molecule has 0 radical (unpaired) electrons. The van der Waals surface area contributed by atoms with Gasteiger partial charge in [0.2, 0.25) is 10.0 Å². The van der Waals surface area contributed by atoms with Crippen LogP contribution in [0.25, 0.3) is 0 Å². The second-order valence-electron chi connectivity index (χ2n) is 7.14. The molecule has 33 heavy (non-hydrogen) atoms. The summed E-state index contributed by atoms with van der Waals surface area (Å²) in [5.41, 5.74) is 0.886. The molecule has 180 valence electrons. The highest BCUT2D eigenvalue weighted by Crippen LogP contribution is 2.26. The number of benzene rings is 2. The van der Waals surface area contributed by atoms with E-state index in [0.717, 1.165) is 11.3 Å². The minimum atomic E-state index is -3.86. The average molecular weight is 497 g/mol. The summed E-state index contributed by atoms with van der Waals surface area (Å²) in [4.78, 5) is 26.1. The van der Waals surface area contributed by atoms with Crippen LogP contribution in [-0.4, -0.2) is 62.9 Å². The molecule has 2 aromatic rings. The van der Waals surface area contributed by atoms with Gasteiger partial charge in [0.15, 0.2) is 6.61 Å². The van der Waals surface area contributed by atoms with E-state index in [-0.39, 0.29) is 28.6 Å². The van der Waals surface area contributed by atoms with E-state index in [1.54, 1.807) is 20.9 Å². The molecule has 2 aromatic carbocycles. The summed E-state index contributed by atoms with van der Waals surface area (Å²) in [6.45, 7) is 6.27. The van der Waals surface area contributed by atoms with Gasteiger partial charge >= 0.3 is 5.97 Å². The third-order valence-electron chi connectivity index (χ3n) is 4.90. The molecule has 0 heterocycles. The highest BCUT2D eigenvalue weighted by Gasteiger charge is 2.26. The number of likely N-dealkylation sites (N-methyl/N-ethyl adjacent to an activating group) is 1. The topological polar surface area (TPSA) is 93.2 Å². The molecule has 0 aliphatic carbocycles. The maximum atomic E-state index is 12.8. The highest BCUT2D eigenvalue weighted by atomic mass is 35.5. The lowest BCUT2D eigenvalue weighted by molar-refractivity contribution is -0.133. The first-order valence-electron chi connectivity index (χ1n) is 10.6. The van der Waals surface area contributed by atoms with Gasteiger partial charge in [-0.25, -0.2) is 13.2 Å². The number of ether oxygens (including phenoxy) is 2. The summed E-state index contributed by atoms with van der Waals surface area (Å²) in [6.07, 6.45) is 0. The van der Waals surface area contributed by atoms with Crippen molar-refractivity contribution in [3.8, 4) is 5.75 Å². The minimum Gasteiger partial charge on any atom is -0.494 e. The average Bonchev–Trinajstić information content (AvgIpc) is 2.79. The third kappa shape index (κ3) is 6.93. The van der Waals surface area contributed by atoms with E-state index >= 15 is 0 Å². The van der Waals surface area contributed by atoms with Gasteiger partial charge in [0.05, 0.1) is 17.2 Å². The Balaban J connectivity index is 2.03. The van der Waals surface area contributed by atoms with Gasteiger partial charge in [-0.2, -0.15) is 4.31 Å². The van der Waals surface area contributed by atoms with Crippen LogP contribution >= 0.6 is 11.6 Å². The first-order valence-corrected chi connectivity index (χ1v) is 12.4. The van der Waals surface area contributed by atoms with Gasteiger partial charge in [0.25, 0.3) is 5.91 Å². The molecule has 0 N–H and O–H groups in total. The minimum absolute atomic E-state index is 0.00427. The lowest BCUT2D eigenvalue weighted by Crippen LogP contribution is -2.31. The van der Waals surface area contributed by atoms with Gasteiger partial charge in [-0.3, -0.25) is 4.79 Å². The molecular weight excluding hydrogens is 468 g/mol. The lowest BCUT2D eigenvalue weighted by Gasteiger charge is -2.20. The Morgan fingerprint density at radius 3 is 2.21 bits per heavy atom. The summed E-state index contributed by atoms with van der Waals surface area (Å²) in [6, 6.07) is 11.2. The molecule has 0 aliphatic heterocycles. The number of esters is 1. The number of sulfonamides is 1. The summed E-state index contributed by atoms with van der Waals surface area (Å²) < 4.78 is 37.3. The Kier molecular flexibility index (Phi) is 9.70. The van der Waals surface area contributed by atoms with Crippen LogP contribution in [0.15, 0.2) is 47.4 Å². The normalized spacial score (nSPS) is 11.3. The number of amides is 1. The highest BCUT2D eigenvalue weighted by molar-refractivity contribution is 7.89. The number of halogens is 1. The second-order valence-corrected chi connectivity index (χ2v) is 9.45. The van der Waals surface area contributed by atoms with Crippen LogP contribution in [-0.2, 0) is 26.1 Å². The lowest BCUT2D eigenvalue weighted by atomic mass is 10.2. The number of nitrogens with zero attached hydrogens (tertiary/aromatic N) is 2. The molecule has 0 bridgehead atoms. The van der Waals surface area contributed by atoms with E-state index < -0.39 is 28.5 Å². The van der Waals surface area contributed by atoms with E-state index in [1.165, 1.54) is 27.4 Å². The fraction of sp³-hybridized carbons (Fsp3) is 0.391. The maximum Gasteiger partial charge on any atom is 0.338 e. The Morgan fingerprint density at radius 2 is 1.64 bits per heavy atom. The van der Waals surface area contributed by atoms with E-state index in [9.17, 15) is 18.0 Å². The van der Waals surface area contributed by atoms with Crippen molar-refractivity contribution in [2.75, 3.05) is 33.4 Å². The fourth-order valence-corrected chi connectivity index (χ4v) is 5.03. The molecule has 1 amide bonds. The summed E-state index contributed by atoms with van der Waals surface area (Å²) in [5, 5.41) is 0.00427. The van der Waals surface area contributed by atoms with Gasteiger partial charge in [0, 0.05) is 26.7 Å². The Morgan fingerprint density at radius 1 is 1.00 bits per heavy atom. The van der Waals surface area contributed by atoms with E-state index in [2.05, 4.69) is 0 Å². The zero-order valence-electron chi connectivity index (χ0n) is 19.2. The number of rotatable bonds is 11. The van der Waals surface area contributed by atoms with Gasteiger partial charge in [-0.1, -0.05) is 37.6 Å². The Labute approximate surface area is 200 Å². The van der Waals surface area contributed by atoms with E-state index in [0.29, 0.717) is 13.2 Å². The standard InChI is InChI=1S/C23H29ClN2O6S/c1-5-26(6-2)33(29,30)21-14-18(10-13-20(21)24)23(28)32-16-22(27)25(4)15-17-8-11-19(12-9-17)31-7-3/h8-14H,5-7,15-16H2,1-4H3. The first-order chi connectivity index (χ1) is 15.6. The summed E-state index contributed by atoms with van der Waals surface area (Å²) in [7, 11) is -2.26. The van der Waals surface area contributed by atoms with Crippen LogP contribution in [0.2, 0.25) is 5.02 Å². The van der Waals surface area contributed by atoms with Gasteiger partial charge in [-0.15, -0.1) is 0 Å². The van der Waals surface area contributed by atoms with Crippen LogP contribution in [0.4, 0.5) is 0 Å². The van der Waals surface area contributed by atoms with Gasteiger partial charge < -0.3 is 14.4 Å². The molecule has 2 rings (SSSR count). The van der Waals surface area contributed by atoms with Crippen LogP contribution in [0.3, 0.4) is 0 Å². The summed E-state index contributed by atoms with van der Waals surface area (Å²) >= 11 is 6.09. The smallest absolute Gasteiger partial charge is 0.338 e. The number of carbonyl (C=O) groups is 2. The maximum absolute atomic E-state index is 12.8. The van der Waals surface area contributed by atoms with Crippen molar-refractivity contribution in [2.24, 2.45) is 0 Å². The Hall–Kier alpha value is -2.62. The molecule has 0 fully saturated rings. The molecule has 0 saturated carbocycles. The molecule has 0 aliphatic rings. The molecule has 0 unspecified atom stereocenters. The van der Waals surface area contributed by atoms with Crippen LogP contribution in [0.5, 0.6) is 5.75 Å². The SMILES string of the molecule is CCOc1ccc(CN(C)C(=O)COC(=O)c2ccc(Cl)c(S(=O)(=O)N(CC)CC)c2)cc1. The molecule has 0 spiro atoms. The zero-order valence-corrected chi connectivity index (χ0v) is 20.8. The van der Waals surface area contributed by atoms with Crippen LogP contribution in [0, 0.1) is 0 Å². The monoisotopic (exact) mass is 496 g/mol. The molecule has 0 saturated heterocycles. The quantitative estimate of drug-likeness (QED) is 0.441. The molecule has 0 aromatic heterocycles. The van der Waals surface area contributed by atoms with Crippen LogP contribution in [0.1, 0.15) is 36.7 Å². The predicted octanol–water partition coefficient (Wildman–Crippen LogP) is 3.58. The van der Waals surface area contributed by atoms with Crippen molar-refractivity contribution < 1.29 is 27.5 Å². The first kappa shape index (κ1) is 26.6. The molecule has 0 atom stereocenters. The number of carbonyl (C=O) groups excluding carboxylic acids is 2. The van der Waals surface area contributed by atoms with Crippen molar-refractivity contribution in [3.63, 3.8) is 0 Å². The molecular formula is C23H29ClN2O6S. The fourth-order valence-electron chi connectivity index (χ4n) is 3.07. The number of hydrogen-bond donors (Lipinski definition) is 0. The largest absolute Gasteiger partial charge is 0.494 e. The van der Waals surface area contributed by atoms with Gasteiger partial charge in [-0.05, 0) is 42.8 Å². The second kappa shape index (κ2) is 12.0. The van der Waals surface area contributed by atoms with E-state index in [4.69, 9.17) is 21.1 Å². The van der Waals surface area contributed by atoms with Crippen molar-refractivity contribution in [3.05, 3.63) is 58.6 Å². The molecule has 10 heteroatoms. The van der Waals surface area contributed by atoms with Crippen molar-refractivity contribution in [2.45, 2.75) is 32.2 Å². The van der Waals surface area contributed by atoms with E-state index in [1.807, 2.05) is 31.2 Å². The van der Waals surface area contributed by atoms with Gasteiger partial charge in [0.1, 0.15) is 10.6 Å². The third-order valence-corrected chi connectivity index (χ3v) is 7.43. The Bertz CT molecular complexity index is 1070. The summed E-state index contributed by atoms with van der Waals surface area (Å²) in [5.74, 6) is -0.470.